The third-order valence-corrected chi connectivity index (χ3v) is 3.51. The Bertz CT molecular complexity index is 634. The molecule has 1 unspecified atom stereocenters. The zero-order chi connectivity index (χ0) is 16.0. The Morgan fingerprint density at radius 3 is 2.33 bits per heavy atom. The van der Waals surface area contributed by atoms with Gasteiger partial charge < -0.3 is 10.4 Å². The molecule has 0 saturated carbocycles. The highest BCUT2D eigenvalue weighted by Gasteiger charge is 2.19. The first-order valence-electron chi connectivity index (χ1n) is 6.14. The third kappa shape index (κ3) is 5.78. The molecule has 1 amide bonds. The number of hydrogen-bond donors (Lipinski definition) is 2. The standard InChI is InChI=1S/C14H17NO5S/c1-3-4-12(14(17)18)15-13(16)11-7-5-10(6-8-11)9-21(2,19)20/h3,5-8,12H,1,4,9H2,2H3,(H,15,16)(H,17,18). The lowest BCUT2D eigenvalue weighted by Crippen LogP contribution is -2.40. The molecule has 1 rings (SSSR count). The summed E-state index contributed by atoms with van der Waals surface area (Å²) in [5.74, 6) is -1.78. The summed E-state index contributed by atoms with van der Waals surface area (Å²) in [7, 11) is -3.14. The Balaban J connectivity index is 2.79. The van der Waals surface area contributed by atoms with E-state index in [4.69, 9.17) is 5.11 Å². The highest BCUT2D eigenvalue weighted by Crippen LogP contribution is 2.08. The van der Waals surface area contributed by atoms with Crippen LogP contribution >= 0.6 is 0 Å². The van der Waals surface area contributed by atoms with Gasteiger partial charge in [-0.2, -0.15) is 0 Å². The number of nitrogens with one attached hydrogen (secondary N) is 1. The SMILES string of the molecule is C=CCC(NC(=O)c1ccc(CS(C)(=O)=O)cc1)C(=O)O. The van der Waals surface area contributed by atoms with Crippen LogP contribution in [0.5, 0.6) is 0 Å². The van der Waals surface area contributed by atoms with Crippen LogP contribution in [0.15, 0.2) is 36.9 Å². The number of rotatable bonds is 7. The van der Waals surface area contributed by atoms with Crippen LogP contribution in [-0.4, -0.2) is 37.7 Å². The van der Waals surface area contributed by atoms with Gasteiger partial charge in [-0.3, -0.25) is 4.79 Å². The maximum absolute atomic E-state index is 11.9. The fraction of sp³-hybridized carbons (Fsp3) is 0.286. The molecule has 0 aliphatic heterocycles. The first-order chi connectivity index (χ1) is 9.73. The fourth-order valence-corrected chi connectivity index (χ4v) is 2.48. The van der Waals surface area contributed by atoms with Crippen molar-refractivity contribution in [1.29, 1.82) is 0 Å². The second-order valence-corrected chi connectivity index (χ2v) is 6.80. The van der Waals surface area contributed by atoms with E-state index in [0.29, 0.717) is 5.56 Å². The molecule has 0 saturated heterocycles. The summed E-state index contributed by atoms with van der Waals surface area (Å²) < 4.78 is 22.3. The van der Waals surface area contributed by atoms with Gasteiger partial charge >= 0.3 is 5.97 Å². The smallest absolute Gasteiger partial charge is 0.326 e. The number of amides is 1. The molecule has 0 fully saturated rings. The summed E-state index contributed by atoms with van der Waals surface area (Å²) in [6.07, 6.45) is 2.65. The summed E-state index contributed by atoms with van der Waals surface area (Å²) in [4.78, 5) is 22.8. The second kappa shape index (κ2) is 7.03. The van der Waals surface area contributed by atoms with E-state index in [1.54, 1.807) is 0 Å². The minimum atomic E-state index is -3.14. The normalized spacial score (nSPS) is 12.4. The van der Waals surface area contributed by atoms with Crippen LogP contribution in [0.2, 0.25) is 0 Å². The van der Waals surface area contributed by atoms with Gasteiger partial charge in [0.25, 0.3) is 5.91 Å². The predicted molar refractivity (Wildman–Crippen MR) is 78.7 cm³/mol. The van der Waals surface area contributed by atoms with Crippen LogP contribution in [0.3, 0.4) is 0 Å². The molecule has 0 aliphatic carbocycles. The minimum Gasteiger partial charge on any atom is -0.480 e. The van der Waals surface area contributed by atoms with Crippen molar-refractivity contribution in [2.75, 3.05) is 6.26 Å². The van der Waals surface area contributed by atoms with Crippen LogP contribution in [0, 0.1) is 0 Å². The van der Waals surface area contributed by atoms with E-state index in [-0.39, 0.29) is 17.7 Å². The largest absolute Gasteiger partial charge is 0.480 e. The Kier molecular flexibility index (Phi) is 5.66. The van der Waals surface area contributed by atoms with E-state index in [1.165, 1.54) is 30.3 Å². The van der Waals surface area contributed by atoms with Crippen molar-refractivity contribution >= 4 is 21.7 Å². The molecule has 114 valence electrons. The van der Waals surface area contributed by atoms with E-state index >= 15 is 0 Å². The van der Waals surface area contributed by atoms with E-state index in [2.05, 4.69) is 11.9 Å². The molecule has 1 atom stereocenters. The monoisotopic (exact) mass is 311 g/mol. The topological polar surface area (TPSA) is 101 Å². The van der Waals surface area contributed by atoms with E-state index in [1.807, 2.05) is 0 Å². The Hall–Kier alpha value is -2.15. The lowest BCUT2D eigenvalue weighted by Gasteiger charge is -2.12. The van der Waals surface area contributed by atoms with Crippen LogP contribution in [0.1, 0.15) is 22.3 Å². The molecule has 0 heterocycles. The quantitative estimate of drug-likeness (QED) is 0.731. The average Bonchev–Trinajstić information content (AvgIpc) is 2.36. The van der Waals surface area contributed by atoms with Gasteiger partial charge in [0.2, 0.25) is 0 Å². The van der Waals surface area contributed by atoms with Crippen molar-refractivity contribution in [3.8, 4) is 0 Å². The summed E-state index contributed by atoms with van der Waals surface area (Å²) >= 11 is 0. The molecule has 0 bridgehead atoms. The molecule has 0 aromatic heterocycles. The number of hydrogen-bond acceptors (Lipinski definition) is 4. The number of carboxylic acid groups (broad SMARTS) is 1. The molecular weight excluding hydrogens is 294 g/mol. The fourth-order valence-electron chi connectivity index (χ4n) is 1.68. The molecule has 7 heteroatoms. The summed E-state index contributed by atoms with van der Waals surface area (Å²) in [5.41, 5.74) is 0.831. The minimum absolute atomic E-state index is 0.108. The third-order valence-electron chi connectivity index (χ3n) is 2.65. The molecular formula is C14H17NO5S. The van der Waals surface area contributed by atoms with E-state index < -0.39 is 27.8 Å². The second-order valence-electron chi connectivity index (χ2n) is 4.66. The average molecular weight is 311 g/mol. The van der Waals surface area contributed by atoms with Gasteiger partial charge in [-0.25, -0.2) is 13.2 Å². The van der Waals surface area contributed by atoms with E-state index in [0.717, 1.165) is 6.26 Å². The number of carbonyl (C=O) groups is 2. The van der Waals surface area contributed by atoms with Crippen LogP contribution in [0.25, 0.3) is 0 Å². The zero-order valence-corrected chi connectivity index (χ0v) is 12.4. The number of benzene rings is 1. The van der Waals surface area contributed by atoms with Gasteiger partial charge in [0.15, 0.2) is 9.84 Å². The number of aliphatic carboxylic acids is 1. The van der Waals surface area contributed by atoms with Gasteiger partial charge in [0, 0.05) is 11.8 Å². The zero-order valence-electron chi connectivity index (χ0n) is 11.6. The van der Waals surface area contributed by atoms with E-state index in [9.17, 15) is 18.0 Å². The highest BCUT2D eigenvalue weighted by atomic mass is 32.2. The van der Waals surface area contributed by atoms with Gasteiger partial charge in [-0.05, 0) is 24.1 Å². The van der Waals surface area contributed by atoms with Crippen molar-refractivity contribution < 1.29 is 23.1 Å². The maximum atomic E-state index is 11.9. The lowest BCUT2D eigenvalue weighted by atomic mass is 10.1. The predicted octanol–water partition coefficient (Wildman–Crippen LogP) is 0.990. The highest BCUT2D eigenvalue weighted by molar-refractivity contribution is 7.89. The van der Waals surface area contributed by atoms with Crippen molar-refractivity contribution in [2.45, 2.75) is 18.2 Å². The van der Waals surface area contributed by atoms with Crippen LogP contribution in [-0.2, 0) is 20.4 Å². The first kappa shape index (κ1) is 16.9. The number of sulfone groups is 1. The summed E-state index contributed by atoms with van der Waals surface area (Å²) in [5, 5.41) is 11.3. The Morgan fingerprint density at radius 2 is 1.90 bits per heavy atom. The summed E-state index contributed by atoms with van der Waals surface area (Å²) in [6.45, 7) is 3.44. The van der Waals surface area contributed by atoms with Crippen molar-refractivity contribution in [3.05, 3.63) is 48.0 Å². The van der Waals surface area contributed by atoms with Crippen molar-refractivity contribution in [3.63, 3.8) is 0 Å². The van der Waals surface area contributed by atoms with Gasteiger partial charge in [0.1, 0.15) is 6.04 Å². The van der Waals surface area contributed by atoms with Crippen LogP contribution < -0.4 is 5.32 Å². The first-order valence-corrected chi connectivity index (χ1v) is 8.20. The lowest BCUT2D eigenvalue weighted by molar-refractivity contribution is -0.139. The molecule has 2 N–H and O–H groups in total. The molecule has 0 spiro atoms. The van der Waals surface area contributed by atoms with Crippen molar-refractivity contribution in [1.82, 2.24) is 5.32 Å². The molecule has 0 radical (unpaired) electrons. The molecule has 1 aromatic carbocycles. The van der Waals surface area contributed by atoms with Gasteiger partial charge in [0.05, 0.1) is 5.75 Å². The molecule has 1 aromatic rings. The number of carbonyl (C=O) groups excluding carboxylic acids is 1. The van der Waals surface area contributed by atoms with Crippen molar-refractivity contribution in [2.24, 2.45) is 0 Å². The Morgan fingerprint density at radius 1 is 1.33 bits per heavy atom. The molecule has 6 nitrogen and oxygen atoms in total. The summed E-state index contributed by atoms with van der Waals surface area (Å²) in [6, 6.07) is 4.94. The molecule has 0 aliphatic rings. The number of carboxylic acids is 1. The molecule has 21 heavy (non-hydrogen) atoms. The van der Waals surface area contributed by atoms with Crippen LogP contribution in [0.4, 0.5) is 0 Å². The Labute approximate surface area is 123 Å². The maximum Gasteiger partial charge on any atom is 0.326 e. The van der Waals surface area contributed by atoms with Gasteiger partial charge in [-0.1, -0.05) is 18.2 Å². The van der Waals surface area contributed by atoms with Gasteiger partial charge in [-0.15, -0.1) is 6.58 Å².